The molecule has 1 N–H and O–H groups in total. The number of hydrogen-bond acceptors (Lipinski definition) is 2. The highest BCUT2D eigenvalue weighted by Gasteiger charge is 2.12. The van der Waals surface area contributed by atoms with E-state index in [9.17, 15) is 9.18 Å². The van der Waals surface area contributed by atoms with E-state index in [0.29, 0.717) is 14.4 Å². The van der Waals surface area contributed by atoms with Gasteiger partial charge in [0.15, 0.2) is 0 Å². The number of nitrogens with one attached hydrogen (secondary N) is 1. The van der Waals surface area contributed by atoms with E-state index < -0.39 is 0 Å². The van der Waals surface area contributed by atoms with Gasteiger partial charge in [0.25, 0.3) is 5.91 Å². The third kappa shape index (κ3) is 4.94. The molecule has 5 heteroatoms. The van der Waals surface area contributed by atoms with E-state index in [4.69, 9.17) is 0 Å². The third-order valence-corrected chi connectivity index (χ3v) is 5.69. The normalized spacial score (nSPS) is 12.0. The number of halogens is 2. The molecular weight excluding hydrogens is 424 g/mol. The predicted molar refractivity (Wildman–Crippen MR) is 104 cm³/mol. The summed E-state index contributed by atoms with van der Waals surface area (Å²) < 4.78 is 13.7. The lowest BCUT2D eigenvalue weighted by Gasteiger charge is -2.13. The summed E-state index contributed by atoms with van der Waals surface area (Å²) in [6.45, 7) is 6.35. The summed E-state index contributed by atoms with van der Waals surface area (Å²) in [6, 6.07) is 10.2. The van der Waals surface area contributed by atoms with Crippen LogP contribution in [0.2, 0.25) is 0 Å². The second-order valence-electron chi connectivity index (χ2n) is 5.39. The van der Waals surface area contributed by atoms with Gasteiger partial charge in [0.05, 0.1) is 5.56 Å². The summed E-state index contributed by atoms with van der Waals surface area (Å²) in [5.74, 6) is -0.562. The molecule has 2 aromatic rings. The van der Waals surface area contributed by atoms with Crippen LogP contribution in [0.5, 0.6) is 0 Å². The monoisotopic (exact) mass is 443 g/mol. The standard InChI is InChI=1S/C18H19FINOS/c1-4-12(3)23-14-6-8-17(11(2)9-14)21-18(22)15-7-5-13(19)10-16(15)20/h5-10,12H,4H2,1-3H3,(H,21,22). The molecule has 0 aliphatic rings. The maximum absolute atomic E-state index is 13.1. The largest absolute Gasteiger partial charge is 0.322 e. The first kappa shape index (κ1) is 18.3. The van der Waals surface area contributed by atoms with E-state index in [-0.39, 0.29) is 11.7 Å². The summed E-state index contributed by atoms with van der Waals surface area (Å²) in [5, 5.41) is 3.47. The van der Waals surface area contributed by atoms with Crippen molar-refractivity contribution in [3.8, 4) is 0 Å². The minimum atomic E-state index is -0.339. The fourth-order valence-electron chi connectivity index (χ4n) is 2.03. The Morgan fingerprint density at radius 3 is 2.65 bits per heavy atom. The van der Waals surface area contributed by atoms with Gasteiger partial charge in [-0.25, -0.2) is 4.39 Å². The number of benzene rings is 2. The lowest BCUT2D eigenvalue weighted by molar-refractivity contribution is 0.102. The molecule has 0 heterocycles. The highest BCUT2D eigenvalue weighted by atomic mass is 127. The zero-order valence-corrected chi connectivity index (χ0v) is 16.3. The highest BCUT2D eigenvalue weighted by Crippen LogP contribution is 2.29. The Bertz CT molecular complexity index is 720. The smallest absolute Gasteiger partial charge is 0.256 e. The molecule has 0 aromatic heterocycles. The van der Waals surface area contributed by atoms with Gasteiger partial charge in [-0.1, -0.05) is 13.8 Å². The van der Waals surface area contributed by atoms with Gasteiger partial charge >= 0.3 is 0 Å². The highest BCUT2D eigenvalue weighted by molar-refractivity contribution is 14.1. The Hall–Kier alpha value is -1.08. The lowest BCUT2D eigenvalue weighted by Crippen LogP contribution is -2.14. The van der Waals surface area contributed by atoms with Crippen LogP contribution in [-0.4, -0.2) is 11.2 Å². The third-order valence-electron chi connectivity index (χ3n) is 3.53. The van der Waals surface area contributed by atoms with Gasteiger partial charge in [0, 0.05) is 19.4 Å². The molecule has 0 fully saturated rings. The zero-order chi connectivity index (χ0) is 17.0. The van der Waals surface area contributed by atoms with Crippen LogP contribution >= 0.6 is 34.4 Å². The molecule has 2 rings (SSSR count). The molecule has 2 nitrogen and oxygen atoms in total. The lowest BCUT2D eigenvalue weighted by atomic mass is 10.1. The summed E-state index contributed by atoms with van der Waals surface area (Å²) in [7, 11) is 0. The first-order valence-corrected chi connectivity index (χ1v) is 9.40. The summed E-state index contributed by atoms with van der Waals surface area (Å²) in [6.07, 6.45) is 1.12. The number of carbonyl (C=O) groups excluding carboxylic acids is 1. The molecule has 0 bridgehead atoms. The molecule has 0 saturated heterocycles. The molecule has 0 spiro atoms. The topological polar surface area (TPSA) is 29.1 Å². The summed E-state index contributed by atoms with van der Waals surface area (Å²) in [4.78, 5) is 13.6. The van der Waals surface area contributed by atoms with Gasteiger partial charge in [-0.15, -0.1) is 11.8 Å². The number of hydrogen-bond donors (Lipinski definition) is 1. The Morgan fingerprint density at radius 1 is 1.30 bits per heavy atom. The van der Waals surface area contributed by atoms with Gasteiger partial charge in [-0.05, 0) is 77.9 Å². The molecule has 0 radical (unpaired) electrons. The van der Waals surface area contributed by atoms with Crippen molar-refractivity contribution in [1.82, 2.24) is 0 Å². The average Bonchev–Trinajstić information content (AvgIpc) is 2.49. The van der Waals surface area contributed by atoms with Crippen molar-refractivity contribution in [2.45, 2.75) is 37.3 Å². The predicted octanol–water partition coefficient (Wildman–Crippen LogP) is 5.88. The number of rotatable bonds is 5. The molecule has 1 atom stereocenters. The van der Waals surface area contributed by atoms with Gasteiger partial charge in [0.1, 0.15) is 5.82 Å². The number of thioether (sulfide) groups is 1. The van der Waals surface area contributed by atoms with Crippen LogP contribution in [0, 0.1) is 16.3 Å². The Kier molecular flexibility index (Phi) is 6.47. The molecule has 0 saturated carbocycles. The Morgan fingerprint density at radius 2 is 2.04 bits per heavy atom. The molecule has 1 amide bonds. The minimum absolute atomic E-state index is 0.222. The SMILES string of the molecule is CCC(C)Sc1ccc(NC(=O)c2ccc(F)cc2I)c(C)c1. The van der Waals surface area contributed by atoms with Crippen molar-refractivity contribution in [3.05, 3.63) is 56.9 Å². The molecule has 1 unspecified atom stereocenters. The molecule has 0 aliphatic carbocycles. The summed E-state index contributed by atoms with van der Waals surface area (Å²) in [5.41, 5.74) is 2.27. The van der Waals surface area contributed by atoms with Crippen LogP contribution in [0.25, 0.3) is 0 Å². The van der Waals surface area contributed by atoms with E-state index in [0.717, 1.165) is 17.7 Å². The number of aryl methyl sites for hydroxylation is 1. The first-order chi connectivity index (χ1) is 10.9. The maximum Gasteiger partial charge on any atom is 0.256 e. The van der Waals surface area contributed by atoms with Crippen LogP contribution in [0.4, 0.5) is 10.1 Å². The van der Waals surface area contributed by atoms with Gasteiger partial charge < -0.3 is 5.32 Å². The van der Waals surface area contributed by atoms with Crippen molar-refractivity contribution < 1.29 is 9.18 Å². The fraction of sp³-hybridized carbons (Fsp3) is 0.278. The Balaban J connectivity index is 2.15. The zero-order valence-electron chi connectivity index (χ0n) is 13.3. The second-order valence-corrected chi connectivity index (χ2v) is 8.07. The average molecular weight is 443 g/mol. The van der Waals surface area contributed by atoms with Gasteiger partial charge in [-0.2, -0.15) is 0 Å². The van der Waals surface area contributed by atoms with E-state index in [1.807, 2.05) is 53.4 Å². The van der Waals surface area contributed by atoms with Gasteiger partial charge in [0.2, 0.25) is 0 Å². The molecular formula is C18H19FINOS. The van der Waals surface area contributed by atoms with E-state index in [1.165, 1.54) is 23.1 Å². The molecule has 0 aliphatic heterocycles. The van der Waals surface area contributed by atoms with Crippen molar-refractivity contribution in [3.63, 3.8) is 0 Å². The van der Waals surface area contributed by atoms with E-state index >= 15 is 0 Å². The van der Waals surface area contributed by atoms with Crippen molar-refractivity contribution >= 4 is 45.9 Å². The summed E-state index contributed by atoms with van der Waals surface area (Å²) >= 11 is 3.80. The molecule has 2 aromatic carbocycles. The number of carbonyl (C=O) groups is 1. The van der Waals surface area contributed by atoms with Crippen LogP contribution < -0.4 is 5.32 Å². The van der Waals surface area contributed by atoms with Crippen LogP contribution in [0.1, 0.15) is 36.2 Å². The number of amides is 1. The fourth-order valence-corrected chi connectivity index (χ4v) is 3.77. The van der Waals surface area contributed by atoms with Gasteiger partial charge in [-0.3, -0.25) is 4.79 Å². The molecule has 122 valence electrons. The second kappa shape index (κ2) is 8.15. The van der Waals surface area contributed by atoms with E-state index in [2.05, 4.69) is 25.2 Å². The van der Waals surface area contributed by atoms with Crippen molar-refractivity contribution in [2.24, 2.45) is 0 Å². The Labute approximate surface area is 154 Å². The molecule has 23 heavy (non-hydrogen) atoms. The van der Waals surface area contributed by atoms with Crippen LogP contribution in [-0.2, 0) is 0 Å². The quantitative estimate of drug-likeness (QED) is 0.462. The minimum Gasteiger partial charge on any atom is -0.322 e. The first-order valence-electron chi connectivity index (χ1n) is 7.44. The number of anilines is 1. The van der Waals surface area contributed by atoms with E-state index in [1.54, 1.807) is 0 Å². The van der Waals surface area contributed by atoms with Crippen molar-refractivity contribution in [2.75, 3.05) is 5.32 Å². The van der Waals surface area contributed by atoms with Crippen LogP contribution in [0.15, 0.2) is 41.3 Å². The van der Waals surface area contributed by atoms with Crippen LogP contribution in [0.3, 0.4) is 0 Å². The maximum atomic E-state index is 13.1. The van der Waals surface area contributed by atoms with Crippen molar-refractivity contribution in [1.29, 1.82) is 0 Å².